The number of aliphatic hydroxyl groups excluding tert-OH is 1. The minimum atomic E-state index is -0.385. The molecule has 0 saturated carbocycles. The molecule has 1 heterocycles. The molecule has 1 fully saturated rings. The van der Waals surface area contributed by atoms with Crippen LogP contribution < -0.4 is 5.73 Å². The SMILES string of the molecule is CCCC1CCN(CC(O)c2ccc(CN)cc2)CC1. The molecule has 1 unspecified atom stereocenters. The number of hydrogen-bond donors (Lipinski definition) is 2. The second-order valence-electron chi connectivity index (χ2n) is 5.99. The van der Waals surface area contributed by atoms with Gasteiger partial charge in [0.2, 0.25) is 0 Å². The lowest BCUT2D eigenvalue weighted by Gasteiger charge is -2.33. The van der Waals surface area contributed by atoms with Crippen molar-refractivity contribution in [1.29, 1.82) is 0 Å². The molecule has 1 atom stereocenters. The molecule has 1 aliphatic rings. The Kier molecular flexibility index (Phi) is 6.02. The third-order valence-corrected chi connectivity index (χ3v) is 4.44. The van der Waals surface area contributed by atoms with Crippen LogP contribution in [0.4, 0.5) is 0 Å². The Labute approximate surface area is 122 Å². The Morgan fingerprint density at radius 2 is 1.90 bits per heavy atom. The third-order valence-electron chi connectivity index (χ3n) is 4.44. The lowest BCUT2D eigenvalue weighted by atomic mass is 9.92. The molecule has 0 spiro atoms. The van der Waals surface area contributed by atoms with Crippen molar-refractivity contribution in [3.05, 3.63) is 35.4 Å². The maximum Gasteiger partial charge on any atom is 0.0916 e. The summed E-state index contributed by atoms with van der Waals surface area (Å²) in [5.41, 5.74) is 7.70. The van der Waals surface area contributed by atoms with Gasteiger partial charge in [-0.25, -0.2) is 0 Å². The molecule has 2 rings (SSSR count). The maximum atomic E-state index is 10.3. The molecule has 1 aliphatic heterocycles. The van der Waals surface area contributed by atoms with Gasteiger partial charge in [-0.2, -0.15) is 0 Å². The monoisotopic (exact) mass is 276 g/mol. The fourth-order valence-electron chi connectivity index (χ4n) is 3.09. The second-order valence-corrected chi connectivity index (χ2v) is 5.99. The molecule has 0 aromatic heterocycles. The van der Waals surface area contributed by atoms with E-state index in [1.807, 2.05) is 24.3 Å². The summed E-state index contributed by atoms with van der Waals surface area (Å²) in [7, 11) is 0. The van der Waals surface area contributed by atoms with E-state index in [-0.39, 0.29) is 6.10 Å². The van der Waals surface area contributed by atoms with Crippen LogP contribution in [-0.2, 0) is 6.54 Å². The Hall–Kier alpha value is -0.900. The van der Waals surface area contributed by atoms with Crippen molar-refractivity contribution in [3.8, 4) is 0 Å². The number of nitrogens with two attached hydrogens (primary N) is 1. The number of nitrogens with zero attached hydrogens (tertiary/aromatic N) is 1. The third kappa shape index (κ3) is 4.30. The lowest BCUT2D eigenvalue weighted by Crippen LogP contribution is -2.36. The minimum absolute atomic E-state index is 0.385. The van der Waals surface area contributed by atoms with Crippen LogP contribution in [0.25, 0.3) is 0 Å². The van der Waals surface area contributed by atoms with Crippen LogP contribution in [0, 0.1) is 5.92 Å². The lowest BCUT2D eigenvalue weighted by molar-refractivity contribution is 0.0879. The fraction of sp³-hybridized carbons (Fsp3) is 0.647. The molecule has 20 heavy (non-hydrogen) atoms. The largest absolute Gasteiger partial charge is 0.387 e. The molecule has 0 radical (unpaired) electrons. The highest BCUT2D eigenvalue weighted by Crippen LogP contribution is 2.23. The number of aliphatic hydroxyl groups is 1. The van der Waals surface area contributed by atoms with Crippen molar-refractivity contribution in [2.45, 2.75) is 45.3 Å². The van der Waals surface area contributed by atoms with E-state index in [0.717, 1.165) is 36.7 Å². The molecule has 1 saturated heterocycles. The average molecular weight is 276 g/mol. The highest BCUT2D eigenvalue weighted by Gasteiger charge is 2.20. The summed E-state index contributed by atoms with van der Waals surface area (Å²) in [5, 5.41) is 10.3. The summed E-state index contributed by atoms with van der Waals surface area (Å²) < 4.78 is 0. The zero-order valence-corrected chi connectivity index (χ0v) is 12.6. The average Bonchev–Trinajstić information content (AvgIpc) is 2.49. The molecular formula is C17H28N2O. The van der Waals surface area contributed by atoms with Crippen molar-refractivity contribution in [1.82, 2.24) is 4.90 Å². The normalized spacial score (nSPS) is 19.1. The van der Waals surface area contributed by atoms with E-state index in [1.165, 1.54) is 25.7 Å². The van der Waals surface area contributed by atoms with Gasteiger partial charge in [0.1, 0.15) is 0 Å². The predicted molar refractivity (Wildman–Crippen MR) is 83.4 cm³/mol. The van der Waals surface area contributed by atoms with E-state index in [2.05, 4.69) is 11.8 Å². The first kappa shape index (κ1) is 15.5. The Morgan fingerprint density at radius 3 is 2.45 bits per heavy atom. The van der Waals surface area contributed by atoms with Gasteiger partial charge in [-0.3, -0.25) is 0 Å². The first-order valence-electron chi connectivity index (χ1n) is 7.92. The molecule has 1 aromatic rings. The first-order chi connectivity index (χ1) is 9.72. The Morgan fingerprint density at radius 1 is 1.25 bits per heavy atom. The molecule has 0 bridgehead atoms. The topological polar surface area (TPSA) is 49.5 Å². The van der Waals surface area contributed by atoms with E-state index in [1.54, 1.807) is 0 Å². The highest BCUT2D eigenvalue weighted by atomic mass is 16.3. The molecule has 0 amide bonds. The van der Waals surface area contributed by atoms with Crippen LogP contribution in [0.2, 0.25) is 0 Å². The van der Waals surface area contributed by atoms with E-state index in [4.69, 9.17) is 5.73 Å². The van der Waals surface area contributed by atoms with E-state index in [9.17, 15) is 5.11 Å². The summed E-state index contributed by atoms with van der Waals surface area (Å²) in [5.74, 6) is 0.900. The van der Waals surface area contributed by atoms with Gasteiger partial charge in [0, 0.05) is 13.1 Å². The standard InChI is InChI=1S/C17H28N2O/c1-2-3-14-8-10-19(11-9-14)13-17(20)16-6-4-15(12-18)5-7-16/h4-7,14,17,20H,2-3,8-13,18H2,1H3. The molecule has 3 heteroatoms. The molecule has 0 aliphatic carbocycles. The molecule has 1 aromatic carbocycles. The minimum Gasteiger partial charge on any atom is -0.387 e. The van der Waals surface area contributed by atoms with Gasteiger partial charge in [0.15, 0.2) is 0 Å². The van der Waals surface area contributed by atoms with Crippen molar-refractivity contribution >= 4 is 0 Å². The molecule has 112 valence electrons. The van der Waals surface area contributed by atoms with Crippen LogP contribution in [0.3, 0.4) is 0 Å². The van der Waals surface area contributed by atoms with Crippen molar-refractivity contribution in [2.24, 2.45) is 11.7 Å². The smallest absolute Gasteiger partial charge is 0.0916 e. The van der Waals surface area contributed by atoms with Crippen LogP contribution in [0.15, 0.2) is 24.3 Å². The van der Waals surface area contributed by atoms with Gasteiger partial charge in [0.25, 0.3) is 0 Å². The molecular weight excluding hydrogens is 248 g/mol. The summed E-state index contributed by atoms with van der Waals surface area (Å²) in [6.45, 7) is 5.83. The van der Waals surface area contributed by atoms with Crippen LogP contribution in [0.5, 0.6) is 0 Å². The van der Waals surface area contributed by atoms with Crippen molar-refractivity contribution in [2.75, 3.05) is 19.6 Å². The van der Waals surface area contributed by atoms with Crippen LogP contribution in [-0.4, -0.2) is 29.6 Å². The number of piperidine rings is 1. The van der Waals surface area contributed by atoms with Gasteiger partial charge in [0.05, 0.1) is 6.10 Å². The van der Waals surface area contributed by atoms with Crippen LogP contribution in [0.1, 0.15) is 49.8 Å². The fourth-order valence-corrected chi connectivity index (χ4v) is 3.09. The van der Waals surface area contributed by atoms with Crippen molar-refractivity contribution in [3.63, 3.8) is 0 Å². The van der Waals surface area contributed by atoms with E-state index in [0.29, 0.717) is 6.54 Å². The predicted octanol–water partition coefficient (Wildman–Crippen LogP) is 2.69. The van der Waals surface area contributed by atoms with Gasteiger partial charge < -0.3 is 15.7 Å². The molecule has 3 nitrogen and oxygen atoms in total. The number of hydrogen-bond acceptors (Lipinski definition) is 3. The highest BCUT2D eigenvalue weighted by molar-refractivity contribution is 5.24. The number of benzene rings is 1. The van der Waals surface area contributed by atoms with E-state index < -0.39 is 0 Å². The zero-order chi connectivity index (χ0) is 14.4. The summed E-state index contributed by atoms with van der Waals surface area (Å²) in [6.07, 6.45) is 4.83. The van der Waals surface area contributed by atoms with Gasteiger partial charge in [-0.05, 0) is 43.0 Å². The quantitative estimate of drug-likeness (QED) is 0.840. The Balaban J connectivity index is 1.81. The van der Waals surface area contributed by atoms with E-state index >= 15 is 0 Å². The Bertz CT molecular complexity index is 382. The summed E-state index contributed by atoms with van der Waals surface area (Å²) in [4.78, 5) is 2.40. The zero-order valence-electron chi connectivity index (χ0n) is 12.6. The summed E-state index contributed by atoms with van der Waals surface area (Å²) >= 11 is 0. The van der Waals surface area contributed by atoms with Gasteiger partial charge in [-0.15, -0.1) is 0 Å². The van der Waals surface area contributed by atoms with Gasteiger partial charge >= 0.3 is 0 Å². The maximum absolute atomic E-state index is 10.3. The number of likely N-dealkylation sites (tertiary alicyclic amines) is 1. The summed E-state index contributed by atoms with van der Waals surface area (Å²) in [6, 6.07) is 8.01. The first-order valence-corrected chi connectivity index (χ1v) is 7.92. The van der Waals surface area contributed by atoms with Crippen molar-refractivity contribution < 1.29 is 5.11 Å². The molecule has 3 N–H and O–H groups in total. The second kappa shape index (κ2) is 7.77. The number of β-amino-alcohol motifs (C(OH)–C–C–N with tert-alkyl or cyclic N) is 1. The van der Waals surface area contributed by atoms with Gasteiger partial charge in [-0.1, -0.05) is 44.0 Å². The van der Waals surface area contributed by atoms with Crippen LogP contribution >= 0.6 is 0 Å². The number of rotatable bonds is 6.